The number of piperidine rings is 1. The third kappa shape index (κ3) is 3.11. The lowest BCUT2D eigenvalue weighted by molar-refractivity contribution is 0.445. The first-order valence-electron chi connectivity index (χ1n) is 5.36. The smallest absolute Gasteiger partial charge is 0.0411 e. The van der Waals surface area contributed by atoms with E-state index in [4.69, 9.17) is 0 Å². The largest absolute Gasteiger partial charge is 0.370 e. The van der Waals surface area contributed by atoms with E-state index in [1.807, 2.05) is 0 Å². The first-order chi connectivity index (χ1) is 6.88. The van der Waals surface area contributed by atoms with E-state index < -0.39 is 0 Å². The quantitative estimate of drug-likeness (QED) is 0.833. The summed E-state index contributed by atoms with van der Waals surface area (Å²) in [4.78, 5) is 2.38. The predicted molar refractivity (Wildman–Crippen MR) is 68.0 cm³/mol. The molecule has 1 N–H and O–H groups in total. The van der Waals surface area contributed by atoms with Crippen LogP contribution in [0.2, 0.25) is 0 Å². The van der Waals surface area contributed by atoms with Crippen molar-refractivity contribution in [1.29, 1.82) is 0 Å². The highest BCUT2D eigenvalue weighted by molar-refractivity contribution is 5.85. The van der Waals surface area contributed by atoms with Gasteiger partial charge in [0.05, 0.1) is 0 Å². The number of hydrogen-bond donors (Lipinski definition) is 1. The van der Waals surface area contributed by atoms with Gasteiger partial charge in [-0.3, -0.25) is 0 Å². The van der Waals surface area contributed by atoms with Crippen LogP contribution in [0.25, 0.3) is 0 Å². The summed E-state index contributed by atoms with van der Waals surface area (Å²) < 4.78 is 0. The van der Waals surface area contributed by atoms with Crippen molar-refractivity contribution < 1.29 is 0 Å². The molecule has 1 aromatic rings. The van der Waals surface area contributed by atoms with Gasteiger partial charge in [0.1, 0.15) is 0 Å². The minimum absolute atomic E-state index is 0. The molecule has 0 aromatic heterocycles. The summed E-state index contributed by atoms with van der Waals surface area (Å²) in [5.41, 5.74) is 1.32. The van der Waals surface area contributed by atoms with E-state index in [0.29, 0.717) is 6.04 Å². The van der Waals surface area contributed by atoms with Crippen molar-refractivity contribution in [3.63, 3.8) is 0 Å². The third-order valence-electron chi connectivity index (χ3n) is 2.98. The molecular weight excluding hydrogens is 208 g/mol. The van der Waals surface area contributed by atoms with Gasteiger partial charge in [-0.05, 0) is 31.5 Å². The molecule has 3 heteroatoms. The van der Waals surface area contributed by atoms with Gasteiger partial charge < -0.3 is 10.2 Å². The molecule has 1 aliphatic heterocycles. The molecule has 1 unspecified atom stereocenters. The summed E-state index contributed by atoms with van der Waals surface area (Å²) in [5.74, 6) is 0. The standard InChI is InChI=1S/C12H18N2.ClH/c1-14(11-6-3-2-4-7-11)12-8-5-9-13-10-12;/h2-4,6-7,12-13H,5,8-10H2,1H3;1H. The van der Waals surface area contributed by atoms with Gasteiger partial charge in [-0.25, -0.2) is 0 Å². The SMILES string of the molecule is CN(c1ccccc1)C1CCCNC1.Cl. The summed E-state index contributed by atoms with van der Waals surface area (Å²) in [5, 5.41) is 3.44. The second-order valence-electron chi connectivity index (χ2n) is 3.95. The number of nitrogens with one attached hydrogen (secondary N) is 1. The maximum atomic E-state index is 3.44. The monoisotopic (exact) mass is 226 g/mol. The Labute approximate surface area is 98.1 Å². The van der Waals surface area contributed by atoms with Crippen LogP contribution in [0.3, 0.4) is 0 Å². The van der Waals surface area contributed by atoms with Gasteiger partial charge in [-0.15, -0.1) is 12.4 Å². The van der Waals surface area contributed by atoms with Crippen LogP contribution in [0.5, 0.6) is 0 Å². The Kier molecular flexibility index (Phi) is 4.92. The maximum absolute atomic E-state index is 3.44. The highest BCUT2D eigenvalue weighted by Gasteiger charge is 2.17. The van der Waals surface area contributed by atoms with E-state index in [1.54, 1.807) is 0 Å². The molecule has 0 spiro atoms. The van der Waals surface area contributed by atoms with Crippen LogP contribution in [-0.4, -0.2) is 26.2 Å². The van der Waals surface area contributed by atoms with Crippen molar-refractivity contribution in [2.24, 2.45) is 0 Å². The minimum Gasteiger partial charge on any atom is -0.370 e. The molecule has 15 heavy (non-hydrogen) atoms. The third-order valence-corrected chi connectivity index (χ3v) is 2.98. The molecule has 0 saturated carbocycles. The average molecular weight is 227 g/mol. The number of para-hydroxylation sites is 1. The first kappa shape index (κ1) is 12.3. The zero-order valence-electron chi connectivity index (χ0n) is 9.15. The molecule has 1 aromatic carbocycles. The van der Waals surface area contributed by atoms with Gasteiger partial charge in [0.15, 0.2) is 0 Å². The van der Waals surface area contributed by atoms with Crippen molar-refractivity contribution >= 4 is 18.1 Å². The highest BCUT2D eigenvalue weighted by Crippen LogP contribution is 2.17. The van der Waals surface area contributed by atoms with E-state index >= 15 is 0 Å². The van der Waals surface area contributed by atoms with Crippen LogP contribution in [-0.2, 0) is 0 Å². The van der Waals surface area contributed by atoms with Crippen molar-refractivity contribution in [2.45, 2.75) is 18.9 Å². The van der Waals surface area contributed by atoms with Crippen LogP contribution < -0.4 is 10.2 Å². The first-order valence-corrected chi connectivity index (χ1v) is 5.36. The van der Waals surface area contributed by atoms with Gasteiger partial charge in [0, 0.05) is 25.3 Å². The summed E-state index contributed by atoms with van der Waals surface area (Å²) in [6, 6.07) is 11.3. The Morgan fingerprint density at radius 2 is 2.00 bits per heavy atom. The number of nitrogens with zero attached hydrogens (tertiary/aromatic N) is 1. The average Bonchev–Trinajstić information content (AvgIpc) is 2.30. The topological polar surface area (TPSA) is 15.3 Å². The number of likely N-dealkylation sites (N-methyl/N-ethyl adjacent to an activating group) is 1. The number of benzene rings is 1. The molecule has 1 fully saturated rings. The minimum atomic E-state index is 0. The molecule has 2 nitrogen and oxygen atoms in total. The number of anilines is 1. The Balaban J connectivity index is 0.00000112. The molecular formula is C12H19ClN2. The number of hydrogen-bond acceptors (Lipinski definition) is 2. The number of rotatable bonds is 2. The lowest BCUT2D eigenvalue weighted by Crippen LogP contribution is -2.44. The molecule has 1 atom stereocenters. The summed E-state index contributed by atoms with van der Waals surface area (Å²) in [6.45, 7) is 2.30. The molecule has 1 heterocycles. The van der Waals surface area contributed by atoms with Gasteiger partial charge in [0.25, 0.3) is 0 Å². The Bertz CT molecular complexity index is 270. The molecule has 1 saturated heterocycles. The van der Waals surface area contributed by atoms with Crippen LogP contribution in [0.15, 0.2) is 30.3 Å². The van der Waals surface area contributed by atoms with E-state index in [-0.39, 0.29) is 12.4 Å². The molecule has 0 bridgehead atoms. The van der Waals surface area contributed by atoms with Gasteiger partial charge >= 0.3 is 0 Å². The van der Waals surface area contributed by atoms with Crippen LogP contribution in [0.1, 0.15) is 12.8 Å². The lowest BCUT2D eigenvalue weighted by Gasteiger charge is -2.33. The molecule has 84 valence electrons. The zero-order valence-corrected chi connectivity index (χ0v) is 9.96. The van der Waals surface area contributed by atoms with Crippen LogP contribution in [0.4, 0.5) is 5.69 Å². The summed E-state index contributed by atoms with van der Waals surface area (Å²) in [7, 11) is 2.19. The lowest BCUT2D eigenvalue weighted by atomic mass is 10.1. The molecule has 1 aliphatic rings. The summed E-state index contributed by atoms with van der Waals surface area (Å²) in [6.07, 6.45) is 2.60. The predicted octanol–water partition coefficient (Wildman–Crippen LogP) is 2.30. The Morgan fingerprint density at radius 1 is 1.27 bits per heavy atom. The fraction of sp³-hybridized carbons (Fsp3) is 0.500. The second kappa shape index (κ2) is 5.99. The molecule has 2 rings (SSSR count). The zero-order chi connectivity index (χ0) is 9.80. The fourth-order valence-corrected chi connectivity index (χ4v) is 2.04. The molecule has 0 amide bonds. The Hall–Kier alpha value is -0.730. The van der Waals surface area contributed by atoms with Gasteiger partial charge in [0.2, 0.25) is 0 Å². The van der Waals surface area contributed by atoms with Crippen molar-refractivity contribution in [3.8, 4) is 0 Å². The fourth-order valence-electron chi connectivity index (χ4n) is 2.04. The van der Waals surface area contributed by atoms with Crippen molar-refractivity contribution in [3.05, 3.63) is 30.3 Å². The second-order valence-corrected chi connectivity index (χ2v) is 3.95. The molecule has 0 radical (unpaired) electrons. The van der Waals surface area contributed by atoms with Crippen LogP contribution in [0, 0.1) is 0 Å². The van der Waals surface area contributed by atoms with Crippen molar-refractivity contribution in [1.82, 2.24) is 5.32 Å². The molecule has 0 aliphatic carbocycles. The van der Waals surface area contributed by atoms with E-state index in [9.17, 15) is 0 Å². The Morgan fingerprint density at radius 3 is 2.60 bits per heavy atom. The van der Waals surface area contributed by atoms with Gasteiger partial charge in [-0.2, -0.15) is 0 Å². The van der Waals surface area contributed by atoms with Crippen LogP contribution >= 0.6 is 12.4 Å². The van der Waals surface area contributed by atoms with Gasteiger partial charge in [-0.1, -0.05) is 18.2 Å². The normalized spacial score (nSPS) is 20.5. The summed E-state index contributed by atoms with van der Waals surface area (Å²) >= 11 is 0. The van der Waals surface area contributed by atoms with E-state index in [1.165, 1.54) is 25.1 Å². The van der Waals surface area contributed by atoms with E-state index in [0.717, 1.165) is 6.54 Å². The van der Waals surface area contributed by atoms with E-state index in [2.05, 4.69) is 47.6 Å². The van der Waals surface area contributed by atoms with Crippen molar-refractivity contribution in [2.75, 3.05) is 25.0 Å². The maximum Gasteiger partial charge on any atom is 0.0411 e. The number of halogens is 1. The highest BCUT2D eigenvalue weighted by atomic mass is 35.5.